The molecule has 0 aliphatic heterocycles. The van der Waals surface area contributed by atoms with E-state index < -0.39 is 0 Å². The van der Waals surface area contributed by atoms with Crippen LogP contribution in [0.15, 0.2) is 18.2 Å². The summed E-state index contributed by atoms with van der Waals surface area (Å²) in [5.41, 5.74) is 1.12. The van der Waals surface area contributed by atoms with E-state index >= 15 is 0 Å². The van der Waals surface area contributed by atoms with E-state index in [1.54, 1.807) is 6.07 Å². The van der Waals surface area contributed by atoms with E-state index in [1.807, 2.05) is 11.9 Å². The van der Waals surface area contributed by atoms with Crippen LogP contribution in [0.1, 0.15) is 23.7 Å². The average Bonchev–Trinajstić information content (AvgIpc) is 2.17. The van der Waals surface area contributed by atoms with Crippen molar-refractivity contribution in [1.29, 1.82) is 0 Å². The molecule has 0 heterocycles. The van der Waals surface area contributed by atoms with Crippen LogP contribution in [0.2, 0.25) is 0 Å². The highest BCUT2D eigenvalue weighted by molar-refractivity contribution is 5.77. The zero-order valence-corrected chi connectivity index (χ0v) is 8.46. The highest BCUT2D eigenvalue weighted by atomic mass is 19.1. The molecule has 1 aromatic carbocycles. The molecule has 0 spiro atoms. The molecule has 0 aromatic heterocycles. The molecule has 0 bridgehead atoms. The van der Waals surface area contributed by atoms with E-state index in [1.165, 1.54) is 12.1 Å². The first-order valence-electron chi connectivity index (χ1n) is 4.64. The number of nitrogens with zero attached hydrogens (tertiary/aromatic N) is 1. The zero-order chi connectivity index (χ0) is 10.6. The second-order valence-electron chi connectivity index (χ2n) is 3.28. The Morgan fingerprint density at radius 1 is 1.43 bits per heavy atom. The molecule has 0 radical (unpaired) electrons. The Morgan fingerprint density at radius 3 is 2.71 bits per heavy atom. The molecular formula is C11H14FNO. The molecule has 0 unspecified atom stereocenters. The Labute approximate surface area is 83.3 Å². The minimum Gasteiger partial charge on any atom is -0.375 e. The fraction of sp³-hybridized carbons (Fsp3) is 0.364. The smallest absolute Gasteiger partial charge is 0.150 e. The van der Waals surface area contributed by atoms with Gasteiger partial charge in [0, 0.05) is 24.8 Å². The predicted octanol–water partition coefficient (Wildman–Crippen LogP) is 2.48. The summed E-state index contributed by atoms with van der Waals surface area (Å²) < 4.78 is 13.0. The van der Waals surface area contributed by atoms with Gasteiger partial charge in [-0.05, 0) is 24.6 Å². The number of hydrogen-bond donors (Lipinski definition) is 0. The van der Waals surface area contributed by atoms with Crippen molar-refractivity contribution in [3.05, 3.63) is 29.6 Å². The number of carbonyl (C=O) groups excluding carboxylic acids is 1. The summed E-state index contributed by atoms with van der Waals surface area (Å²) in [4.78, 5) is 12.4. The van der Waals surface area contributed by atoms with Crippen molar-refractivity contribution in [3.63, 3.8) is 0 Å². The molecule has 0 saturated carbocycles. The molecule has 0 amide bonds. The second-order valence-corrected chi connectivity index (χ2v) is 3.28. The van der Waals surface area contributed by atoms with Gasteiger partial charge in [0.1, 0.15) is 12.1 Å². The van der Waals surface area contributed by atoms with Crippen LogP contribution < -0.4 is 4.90 Å². The summed E-state index contributed by atoms with van der Waals surface area (Å²) in [7, 11) is 1.88. The number of benzene rings is 1. The number of rotatable bonds is 4. The molecule has 0 atom stereocenters. The van der Waals surface area contributed by atoms with Gasteiger partial charge in [-0.3, -0.25) is 4.79 Å². The first kappa shape index (κ1) is 10.7. The van der Waals surface area contributed by atoms with Gasteiger partial charge < -0.3 is 4.90 Å². The monoisotopic (exact) mass is 195 g/mol. The van der Waals surface area contributed by atoms with Crippen LogP contribution in [0, 0.1) is 5.82 Å². The van der Waals surface area contributed by atoms with Crippen LogP contribution in [0.3, 0.4) is 0 Å². The van der Waals surface area contributed by atoms with Crippen LogP contribution in [-0.2, 0) is 0 Å². The zero-order valence-electron chi connectivity index (χ0n) is 8.46. The molecule has 0 aliphatic carbocycles. The van der Waals surface area contributed by atoms with Gasteiger partial charge in [0.2, 0.25) is 0 Å². The largest absolute Gasteiger partial charge is 0.375 e. The third kappa shape index (κ3) is 2.55. The SMILES string of the molecule is CCCN(C)c1cc(F)cc(C=O)c1. The Morgan fingerprint density at radius 2 is 2.14 bits per heavy atom. The van der Waals surface area contributed by atoms with Crippen LogP contribution >= 0.6 is 0 Å². The van der Waals surface area contributed by atoms with Crippen LogP contribution in [0.5, 0.6) is 0 Å². The molecule has 76 valence electrons. The standard InChI is InChI=1S/C11H14FNO/c1-3-4-13(2)11-6-9(8-14)5-10(12)7-11/h5-8H,3-4H2,1-2H3. The van der Waals surface area contributed by atoms with E-state index in [-0.39, 0.29) is 5.82 Å². The summed E-state index contributed by atoms with van der Waals surface area (Å²) in [5.74, 6) is -0.368. The molecule has 0 fully saturated rings. The Bertz CT molecular complexity index is 325. The lowest BCUT2D eigenvalue weighted by Crippen LogP contribution is -2.18. The summed E-state index contributed by atoms with van der Waals surface area (Å²) in [5, 5.41) is 0. The van der Waals surface area contributed by atoms with Gasteiger partial charge in [0.15, 0.2) is 0 Å². The number of anilines is 1. The lowest BCUT2D eigenvalue weighted by molar-refractivity contribution is 0.112. The van der Waals surface area contributed by atoms with E-state index in [4.69, 9.17) is 0 Å². The van der Waals surface area contributed by atoms with Crippen molar-refractivity contribution in [1.82, 2.24) is 0 Å². The number of halogens is 1. The van der Waals surface area contributed by atoms with Crippen molar-refractivity contribution >= 4 is 12.0 Å². The van der Waals surface area contributed by atoms with Crippen LogP contribution in [0.4, 0.5) is 10.1 Å². The molecule has 0 aliphatic rings. The van der Waals surface area contributed by atoms with E-state index in [2.05, 4.69) is 6.92 Å². The predicted molar refractivity (Wildman–Crippen MR) is 55.3 cm³/mol. The number of hydrogen-bond acceptors (Lipinski definition) is 2. The highest BCUT2D eigenvalue weighted by Crippen LogP contribution is 2.16. The molecule has 1 aromatic rings. The van der Waals surface area contributed by atoms with Gasteiger partial charge in [-0.2, -0.15) is 0 Å². The minimum absolute atomic E-state index is 0.368. The third-order valence-corrected chi connectivity index (χ3v) is 2.04. The van der Waals surface area contributed by atoms with Gasteiger partial charge in [-0.25, -0.2) is 4.39 Å². The van der Waals surface area contributed by atoms with Gasteiger partial charge in [-0.1, -0.05) is 6.92 Å². The molecular weight excluding hydrogens is 181 g/mol. The van der Waals surface area contributed by atoms with Gasteiger partial charge in [-0.15, -0.1) is 0 Å². The maximum atomic E-state index is 13.0. The fourth-order valence-corrected chi connectivity index (χ4v) is 1.35. The van der Waals surface area contributed by atoms with Gasteiger partial charge in [0.25, 0.3) is 0 Å². The van der Waals surface area contributed by atoms with E-state index in [9.17, 15) is 9.18 Å². The quantitative estimate of drug-likeness (QED) is 0.688. The van der Waals surface area contributed by atoms with Crippen molar-refractivity contribution in [2.75, 3.05) is 18.5 Å². The van der Waals surface area contributed by atoms with Crippen LogP contribution in [0.25, 0.3) is 0 Å². The molecule has 2 nitrogen and oxygen atoms in total. The topological polar surface area (TPSA) is 20.3 Å². The van der Waals surface area contributed by atoms with E-state index in [0.29, 0.717) is 11.8 Å². The van der Waals surface area contributed by atoms with Gasteiger partial charge in [0.05, 0.1) is 0 Å². The second kappa shape index (κ2) is 4.74. The van der Waals surface area contributed by atoms with Crippen molar-refractivity contribution in [2.45, 2.75) is 13.3 Å². The van der Waals surface area contributed by atoms with Crippen LogP contribution in [-0.4, -0.2) is 19.9 Å². The van der Waals surface area contributed by atoms with Gasteiger partial charge >= 0.3 is 0 Å². The maximum Gasteiger partial charge on any atom is 0.150 e. The molecule has 0 N–H and O–H groups in total. The number of carbonyl (C=O) groups is 1. The molecule has 1 rings (SSSR count). The van der Waals surface area contributed by atoms with E-state index in [0.717, 1.165) is 18.7 Å². The number of aldehydes is 1. The first-order valence-corrected chi connectivity index (χ1v) is 4.64. The summed E-state index contributed by atoms with van der Waals surface area (Å²) in [6, 6.07) is 4.35. The third-order valence-electron chi connectivity index (χ3n) is 2.04. The highest BCUT2D eigenvalue weighted by Gasteiger charge is 2.03. The molecule has 3 heteroatoms. The molecule has 14 heavy (non-hydrogen) atoms. The first-order chi connectivity index (χ1) is 6.67. The summed E-state index contributed by atoms with van der Waals surface area (Å²) in [6.45, 7) is 2.90. The minimum atomic E-state index is -0.368. The Balaban J connectivity index is 2.96. The Hall–Kier alpha value is -1.38. The molecule has 0 saturated heterocycles. The maximum absolute atomic E-state index is 13.0. The van der Waals surface area contributed by atoms with Crippen molar-refractivity contribution in [2.24, 2.45) is 0 Å². The van der Waals surface area contributed by atoms with Crippen molar-refractivity contribution < 1.29 is 9.18 Å². The lowest BCUT2D eigenvalue weighted by Gasteiger charge is -2.18. The summed E-state index contributed by atoms with van der Waals surface area (Å²) >= 11 is 0. The average molecular weight is 195 g/mol. The lowest BCUT2D eigenvalue weighted by atomic mass is 10.2. The normalized spacial score (nSPS) is 9.93. The summed E-state index contributed by atoms with van der Waals surface area (Å²) in [6.07, 6.45) is 1.65. The Kier molecular flexibility index (Phi) is 3.63. The fourth-order valence-electron chi connectivity index (χ4n) is 1.35. The van der Waals surface area contributed by atoms with Crippen molar-refractivity contribution in [3.8, 4) is 0 Å².